The van der Waals surface area contributed by atoms with E-state index in [4.69, 9.17) is 11.6 Å². The second-order valence-corrected chi connectivity index (χ2v) is 5.36. The molecule has 1 aromatic rings. The number of rotatable bonds is 3. The van der Waals surface area contributed by atoms with E-state index in [2.05, 4.69) is 43.0 Å². The molecule has 3 nitrogen and oxygen atoms in total. The summed E-state index contributed by atoms with van der Waals surface area (Å²) >= 11 is 5.70. The minimum atomic E-state index is 0.281. The second-order valence-electron chi connectivity index (χ2n) is 5.02. The lowest BCUT2D eigenvalue weighted by molar-refractivity contribution is 0.357. The molecule has 0 bridgehead atoms. The summed E-state index contributed by atoms with van der Waals surface area (Å²) in [5.74, 6) is 0.784. The van der Waals surface area contributed by atoms with Crippen LogP contribution in [-0.2, 0) is 0 Å². The molecule has 1 heterocycles. The summed E-state index contributed by atoms with van der Waals surface area (Å²) in [6, 6.07) is 2.20. The Morgan fingerprint density at radius 1 is 1.47 bits per heavy atom. The van der Waals surface area contributed by atoms with Crippen molar-refractivity contribution in [2.45, 2.75) is 40.2 Å². The first kappa shape index (κ1) is 12.2. The van der Waals surface area contributed by atoms with Gasteiger partial charge >= 0.3 is 0 Å². The standard InChI is InChI=1S/C11H18ClN3/c1-8(7-11(2,3)4)14-9-5-6-13-10(12)15-9/h5-6,8H,7H2,1-4H3,(H,13,14,15). The fraction of sp³-hybridized carbons (Fsp3) is 0.636. The van der Waals surface area contributed by atoms with E-state index < -0.39 is 0 Å². The monoisotopic (exact) mass is 227 g/mol. The molecule has 0 saturated carbocycles. The van der Waals surface area contributed by atoms with Gasteiger partial charge in [0, 0.05) is 12.2 Å². The molecular formula is C11H18ClN3. The first-order valence-electron chi connectivity index (χ1n) is 5.12. The van der Waals surface area contributed by atoms with E-state index >= 15 is 0 Å². The van der Waals surface area contributed by atoms with E-state index in [0.29, 0.717) is 11.5 Å². The van der Waals surface area contributed by atoms with Crippen LogP contribution in [0, 0.1) is 5.41 Å². The molecule has 1 rings (SSSR count). The molecule has 0 aromatic carbocycles. The van der Waals surface area contributed by atoms with Crippen molar-refractivity contribution in [3.63, 3.8) is 0 Å². The first-order chi connectivity index (χ1) is 6.87. The lowest BCUT2D eigenvalue weighted by Gasteiger charge is -2.24. The van der Waals surface area contributed by atoms with Crippen LogP contribution in [0.3, 0.4) is 0 Å². The van der Waals surface area contributed by atoms with Gasteiger partial charge in [0.15, 0.2) is 0 Å². The number of anilines is 1. The number of hydrogen-bond acceptors (Lipinski definition) is 3. The molecule has 0 amide bonds. The Bertz CT molecular complexity index is 320. The third-order valence-electron chi connectivity index (χ3n) is 1.94. The Hall–Kier alpha value is -0.830. The Balaban J connectivity index is 2.55. The van der Waals surface area contributed by atoms with Gasteiger partial charge in [0.1, 0.15) is 5.82 Å². The highest BCUT2D eigenvalue weighted by Gasteiger charge is 2.15. The maximum Gasteiger partial charge on any atom is 0.224 e. The first-order valence-corrected chi connectivity index (χ1v) is 5.50. The molecule has 0 spiro atoms. The smallest absolute Gasteiger partial charge is 0.224 e. The van der Waals surface area contributed by atoms with Gasteiger partial charge in [-0.2, -0.15) is 0 Å². The quantitative estimate of drug-likeness (QED) is 0.805. The van der Waals surface area contributed by atoms with Crippen LogP contribution >= 0.6 is 11.6 Å². The lowest BCUT2D eigenvalue weighted by Crippen LogP contribution is -2.23. The largest absolute Gasteiger partial charge is 0.367 e. The number of hydrogen-bond donors (Lipinski definition) is 1. The molecule has 0 aliphatic rings. The van der Waals surface area contributed by atoms with Crippen molar-refractivity contribution < 1.29 is 0 Å². The van der Waals surface area contributed by atoms with E-state index in [0.717, 1.165) is 12.2 Å². The van der Waals surface area contributed by atoms with Gasteiger partial charge < -0.3 is 5.32 Å². The summed E-state index contributed by atoms with van der Waals surface area (Å²) in [5.41, 5.74) is 0.309. The van der Waals surface area contributed by atoms with Crippen molar-refractivity contribution in [1.82, 2.24) is 9.97 Å². The molecule has 1 N–H and O–H groups in total. The number of nitrogens with one attached hydrogen (secondary N) is 1. The van der Waals surface area contributed by atoms with Crippen LogP contribution < -0.4 is 5.32 Å². The topological polar surface area (TPSA) is 37.8 Å². The van der Waals surface area contributed by atoms with Gasteiger partial charge in [-0.05, 0) is 36.4 Å². The Morgan fingerprint density at radius 3 is 2.67 bits per heavy atom. The maximum absolute atomic E-state index is 5.70. The van der Waals surface area contributed by atoms with Crippen molar-refractivity contribution in [2.24, 2.45) is 5.41 Å². The summed E-state index contributed by atoms with van der Waals surface area (Å²) in [5, 5.41) is 3.58. The van der Waals surface area contributed by atoms with Crippen molar-refractivity contribution in [3.8, 4) is 0 Å². The average Bonchev–Trinajstić information content (AvgIpc) is 1.99. The molecule has 0 fully saturated rings. The molecule has 84 valence electrons. The van der Waals surface area contributed by atoms with Gasteiger partial charge in [0.05, 0.1) is 0 Å². The van der Waals surface area contributed by atoms with Gasteiger partial charge in [-0.3, -0.25) is 0 Å². The van der Waals surface area contributed by atoms with Crippen molar-refractivity contribution in [1.29, 1.82) is 0 Å². The van der Waals surface area contributed by atoms with Crippen LogP contribution in [-0.4, -0.2) is 16.0 Å². The zero-order chi connectivity index (χ0) is 11.5. The van der Waals surface area contributed by atoms with E-state index in [9.17, 15) is 0 Å². The summed E-state index contributed by atoms with van der Waals surface area (Å²) in [4.78, 5) is 7.92. The van der Waals surface area contributed by atoms with Gasteiger partial charge in [-0.25, -0.2) is 9.97 Å². The van der Waals surface area contributed by atoms with Crippen LogP contribution in [0.2, 0.25) is 5.28 Å². The Kier molecular flexibility index (Phi) is 3.91. The van der Waals surface area contributed by atoms with Crippen LogP contribution in [0.4, 0.5) is 5.82 Å². The molecule has 1 atom stereocenters. The van der Waals surface area contributed by atoms with Gasteiger partial charge in [-0.15, -0.1) is 0 Å². The average molecular weight is 228 g/mol. The second kappa shape index (κ2) is 4.79. The van der Waals surface area contributed by atoms with Crippen molar-refractivity contribution >= 4 is 17.4 Å². The van der Waals surface area contributed by atoms with Crippen molar-refractivity contribution in [2.75, 3.05) is 5.32 Å². The minimum Gasteiger partial charge on any atom is -0.367 e. The fourth-order valence-electron chi connectivity index (χ4n) is 1.64. The summed E-state index contributed by atoms with van der Waals surface area (Å²) in [7, 11) is 0. The molecular weight excluding hydrogens is 210 g/mol. The van der Waals surface area contributed by atoms with E-state index in [1.54, 1.807) is 6.20 Å². The normalized spacial score (nSPS) is 13.7. The molecule has 0 aliphatic carbocycles. The zero-order valence-corrected chi connectivity index (χ0v) is 10.5. The molecule has 1 aromatic heterocycles. The number of nitrogens with zero attached hydrogens (tertiary/aromatic N) is 2. The highest BCUT2D eigenvalue weighted by atomic mass is 35.5. The molecule has 0 aliphatic heterocycles. The predicted molar refractivity (Wildman–Crippen MR) is 64.2 cm³/mol. The minimum absolute atomic E-state index is 0.281. The Morgan fingerprint density at radius 2 is 2.13 bits per heavy atom. The molecule has 15 heavy (non-hydrogen) atoms. The number of aromatic nitrogens is 2. The maximum atomic E-state index is 5.70. The van der Waals surface area contributed by atoms with Crippen LogP contribution in [0.5, 0.6) is 0 Å². The highest BCUT2D eigenvalue weighted by molar-refractivity contribution is 6.28. The third-order valence-corrected chi connectivity index (χ3v) is 2.12. The predicted octanol–water partition coefficient (Wildman–Crippen LogP) is 3.37. The fourth-order valence-corrected chi connectivity index (χ4v) is 1.78. The van der Waals surface area contributed by atoms with Gasteiger partial charge in [-0.1, -0.05) is 20.8 Å². The van der Waals surface area contributed by atoms with E-state index in [1.165, 1.54) is 0 Å². The van der Waals surface area contributed by atoms with Crippen molar-refractivity contribution in [3.05, 3.63) is 17.5 Å². The van der Waals surface area contributed by atoms with Crippen LogP contribution in [0.25, 0.3) is 0 Å². The highest BCUT2D eigenvalue weighted by Crippen LogP contribution is 2.22. The molecule has 4 heteroatoms. The van der Waals surface area contributed by atoms with Crippen LogP contribution in [0.1, 0.15) is 34.1 Å². The summed E-state index contributed by atoms with van der Waals surface area (Å²) in [6.07, 6.45) is 2.73. The Labute approximate surface area is 96.3 Å². The lowest BCUT2D eigenvalue weighted by atomic mass is 9.89. The summed E-state index contributed by atoms with van der Waals surface area (Å²) < 4.78 is 0. The third kappa shape index (κ3) is 4.98. The van der Waals surface area contributed by atoms with E-state index in [-0.39, 0.29) is 5.28 Å². The molecule has 0 saturated heterocycles. The van der Waals surface area contributed by atoms with Crippen LogP contribution in [0.15, 0.2) is 12.3 Å². The number of halogens is 1. The summed E-state index contributed by atoms with van der Waals surface area (Å²) in [6.45, 7) is 8.80. The molecule has 0 radical (unpaired) electrons. The van der Waals surface area contributed by atoms with E-state index in [1.807, 2.05) is 6.07 Å². The molecule has 1 unspecified atom stereocenters. The zero-order valence-electron chi connectivity index (χ0n) is 9.71. The van der Waals surface area contributed by atoms with Gasteiger partial charge in [0.25, 0.3) is 0 Å². The SMILES string of the molecule is CC(CC(C)(C)C)Nc1ccnc(Cl)n1. The van der Waals surface area contributed by atoms with Gasteiger partial charge in [0.2, 0.25) is 5.28 Å².